The van der Waals surface area contributed by atoms with Crippen LogP contribution in [0.5, 0.6) is 0 Å². The first-order valence-electron chi connectivity index (χ1n) is 6.43. The van der Waals surface area contributed by atoms with Gasteiger partial charge in [-0.2, -0.15) is 0 Å². The molecule has 7 heteroatoms. The predicted molar refractivity (Wildman–Crippen MR) is 78.6 cm³/mol. The summed E-state index contributed by atoms with van der Waals surface area (Å²) in [7, 11) is 3.03. The summed E-state index contributed by atoms with van der Waals surface area (Å²) in [5.41, 5.74) is -0.0815. The molecule has 0 radical (unpaired) electrons. The van der Waals surface area contributed by atoms with Crippen LogP contribution in [0, 0.1) is 0 Å². The topological polar surface area (TPSA) is 81.8 Å². The van der Waals surface area contributed by atoms with Gasteiger partial charge in [0.05, 0.1) is 6.54 Å². The van der Waals surface area contributed by atoms with Crippen molar-refractivity contribution in [3.05, 3.63) is 67.2 Å². The molecule has 0 unspecified atom stereocenters. The minimum atomic E-state index is -0.474. The van der Waals surface area contributed by atoms with Crippen LogP contribution >= 0.6 is 0 Å². The number of imidazole rings is 1. The highest BCUT2D eigenvalue weighted by Crippen LogP contribution is 2.02. The molecular formula is C14H14N4O3. The molecule has 1 N–H and O–H groups in total. The second kappa shape index (κ2) is 4.62. The number of aromatic amines is 1. The number of rotatable bonds is 2. The van der Waals surface area contributed by atoms with Crippen LogP contribution in [-0.4, -0.2) is 18.7 Å². The van der Waals surface area contributed by atoms with Gasteiger partial charge in [-0.1, -0.05) is 30.3 Å². The molecule has 0 aliphatic rings. The molecule has 0 saturated carbocycles. The van der Waals surface area contributed by atoms with Gasteiger partial charge in [0.2, 0.25) is 0 Å². The van der Waals surface area contributed by atoms with E-state index in [1.54, 1.807) is 0 Å². The minimum absolute atomic E-state index is 0.168. The average molecular weight is 286 g/mol. The molecule has 2 heterocycles. The molecule has 3 aromatic rings. The molecule has 0 fully saturated rings. The Morgan fingerprint density at radius 3 is 2.33 bits per heavy atom. The Balaban J connectivity index is 2.34. The number of aryl methyl sites for hydroxylation is 2. The van der Waals surface area contributed by atoms with Crippen LogP contribution in [0.2, 0.25) is 0 Å². The molecule has 1 aromatic carbocycles. The largest absolute Gasteiger partial charge is 0.332 e. The zero-order valence-corrected chi connectivity index (χ0v) is 11.7. The van der Waals surface area contributed by atoms with Crippen molar-refractivity contribution in [3.63, 3.8) is 0 Å². The first kappa shape index (κ1) is 13.2. The molecule has 0 aliphatic carbocycles. The molecule has 0 atom stereocenters. The van der Waals surface area contributed by atoms with Crippen molar-refractivity contribution in [3.8, 4) is 0 Å². The van der Waals surface area contributed by atoms with Gasteiger partial charge in [-0.15, -0.1) is 0 Å². The second-order valence-corrected chi connectivity index (χ2v) is 4.90. The van der Waals surface area contributed by atoms with E-state index < -0.39 is 16.9 Å². The SMILES string of the molecule is Cn1c(=O)n(Cc2ccccc2)c(=O)c2c1[nH]c(=O)n2C. The Kier molecular flexibility index (Phi) is 2.90. The maximum atomic E-state index is 12.5. The van der Waals surface area contributed by atoms with Crippen molar-refractivity contribution in [2.75, 3.05) is 0 Å². The highest BCUT2D eigenvalue weighted by Gasteiger charge is 2.16. The first-order chi connectivity index (χ1) is 10.0. The number of fused-ring (bicyclic) bond motifs is 1. The molecule has 0 spiro atoms. The van der Waals surface area contributed by atoms with E-state index in [1.807, 2.05) is 30.3 Å². The smallest absolute Gasteiger partial charge is 0.291 e. The fourth-order valence-corrected chi connectivity index (χ4v) is 2.39. The van der Waals surface area contributed by atoms with Crippen molar-refractivity contribution in [1.82, 2.24) is 18.7 Å². The van der Waals surface area contributed by atoms with E-state index in [0.717, 1.165) is 10.1 Å². The third-order valence-electron chi connectivity index (χ3n) is 3.57. The lowest BCUT2D eigenvalue weighted by atomic mass is 10.2. The number of nitrogens with one attached hydrogen (secondary N) is 1. The number of H-pyrrole nitrogens is 1. The fourth-order valence-electron chi connectivity index (χ4n) is 2.39. The van der Waals surface area contributed by atoms with Gasteiger partial charge in [-0.3, -0.25) is 23.5 Å². The maximum Gasteiger partial charge on any atom is 0.332 e. The van der Waals surface area contributed by atoms with Gasteiger partial charge >= 0.3 is 11.4 Å². The Morgan fingerprint density at radius 2 is 1.67 bits per heavy atom. The van der Waals surface area contributed by atoms with Crippen LogP contribution in [0.25, 0.3) is 11.2 Å². The molecule has 3 rings (SSSR count). The van der Waals surface area contributed by atoms with Gasteiger partial charge in [0.15, 0.2) is 5.52 Å². The van der Waals surface area contributed by atoms with Crippen LogP contribution in [0.3, 0.4) is 0 Å². The van der Waals surface area contributed by atoms with Crippen molar-refractivity contribution in [2.45, 2.75) is 6.54 Å². The zero-order chi connectivity index (χ0) is 15.1. The Hall–Kier alpha value is -2.83. The van der Waals surface area contributed by atoms with E-state index in [1.165, 1.54) is 23.2 Å². The number of benzene rings is 1. The Labute approximate surface area is 118 Å². The van der Waals surface area contributed by atoms with Crippen LogP contribution < -0.4 is 16.9 Å². The lowest BCUT2D eigenvalue weighted by Crippen LogP contribution is -2.39. The van der Waals surface area contributed by atoms with Gasteiger partial charge in [0, 0.05) is 14.1 Å². The van der Waals surface area contributed by atoms with Gasteiger partial charge in [0.25, 0.3) is 5.56 Å². The van der Waals surface area contributed by atoms with Crippen molar-refractivity contribution in [2.24, 2.45) is 14.1 Å². The van der Waals surface area contributed by atoms with Gasteiger partial charge in [-0.05, 0) is 5.56 Å². The van der Waals surface area contributed by atoms with Gasteiger partial charge in [-0.25, -0.2) is 9.59 Å². The Bertz CT molecular complexity index is 989. The molecule has 21 heavy (non-hydrogen) atoms. The molecule has 0 saturated heterocycles. The molecule has 0 amide bonds. The summed E-state index contributed by atoms with van der Waals surface area (Å²) in [6.07, 6.45) is 0. The standard InChI is InChI=1S/C14H14N4O3/c1-16-10-11(15-13(16)20)17(2)14(21)18(12(10)19)8-9-6-4-3-5-7-9/h3-7H,8H2,1-2H3,(H,15,20). The quantitative estimate of drug-likeness (QED) is 0.707. The van der Waals surface area contributed by atoms with Crippen molar-refractivity contribution < 1.29 is 0 Å². The van der Waals surface area contributed by atoms with E-state index in [4.69, 9.17) is 0 Å². The third kappa shape index (κ3) is 1.94. The molecule has 108 valence electrons. The van der Waals surface area contributed by atoms with Gasteiger partial charge < -0.3 is 0 Å². The summed E-state index contributed by atoms with van der Waals surface area (Å²) in [5.74, 6) is 0. The summed E-state index contributed by atoms with van der Waals surface area (Å²) in [4.78, 5) is 39.0. The number of nitrogens with zero attached hydrogens (tertiary/aromatic N) is 3. The summed E-state index contributed by atoms with van der Waals surface area (Å²) in [5, 5.41) is 0. The average Bonchev–Trinajstić information content (AvgIpc) is 2.79. The van der Waals surface area contributed by atoms with Crippen molar-refractivity contribution >= 4 is 11.2 Å². The molecule has 0 bridgehead atoms. The lowest BCUT2D eigenvalue weighted by molar-refractivity contribution is 0.655. The van der Waals surface area contributed by atoms with Crippen LogP contribution in [-0.2, 0) is 20.6 Å². The predicted octanol–water partition coefficient (Wildman–Crippen LogP) is -0.225. The van der Waals surface area contributed by atoms with Crippen LogP contribution in [0.4, 0.5) is 0 Å². The van der Waals surface area contributed by atoms with E-state index in [2.05, 4.69) is 4.98 Å². The highest BCUT2D eigenvalue weighted by molar-refractivity contribution is 5.69. The second-order valence-electron chi connectivity index (χ2n) is 4.90. The normalized spacial score (nSPS) is 11.1. The lowest BCUT2D eigenvalue weighted by Gasteiger charge is -2.08. The first-order valence-corrected chi connectivity index (χ1v) is 6.43. The van der Waals surface area contributed by atoms with Crippen LogP contribution in [0.1, 0.15) is 5.56 Å². The van der Waals surface area contributed by atoms with E-state index in [-0.39, 0.29) is 17.7 Å². The third-order valence-corrected chi connectivity index (χ3v) is 3.57. The summed E-state index contributed by atoms with van der Waals surface area (Å²) in [6.45, 7) is 0.168. The number of aromatic nitrogens is 4. The fraction of sp³-hybridized carbons (Fsp3) is 0.214. The molecule has 0 aliphatic heterocycles. The summed E-state index contributed by atoms with van der Waals surface area (Å²) >= 11 is 0. The van der Waals surface area contributed by atoms with Crippen molar-refractivity contribution in [1.29, 1.82) is 0 Å². The van der Waals surface area contributed by atoms with E-state index >= 15 is 0 Å². The monoisotopic (exact) mass is 286 g/mol. The van der Waals surface area contributed by atoms with Crippen LogP contribution in [0.15, 0.2) is 44.7 Å². The molecule has 2 aromatic heterocycles. The van der Waals surface area contributed by atoms with E-state index in [9.17, 15) is 14.4 Å². The number of hydrogen-bond acceptors (Lipinski definition) is 3. The summed E-state index contributed by atoms with van der Waals surface area (Å²) in [6, 6.07) is 9.23. The number of hydrogen-bond donors (Lipinski definition) is 1. The molecular weight excluding hydrogens is 272 g/mol. The van der Waals surface area contributed by atoms with Gasteiger partial charge in [0.1, 0.15) is 5.65 Å². The highest BCUT2D eigenvalue weighted by atomic mass is 16.2. The summed E-state index contributed by atoms with van der Waals surface area (Å²) < 4.78 is 3.63. The minimum Gasteiger partial charge on any atom is -0.291 e. The zero-order valence-electron chi connectivity index (χ0n) is 11.7. The van der Waals surface area contributed by atoms with E-state index in [0.29, 0.717) is 0 Å². The molecule has 7 nitrogen and oxygen atoms in total. The maximum absolute atomic E-state index is 12.5. The Morgan fingerprint density at radius 1 is 1.00 bits per heavy atom.